The minimum absolute atomic E-state index is 0.161. The molecule has 4 aliphatic rings. The van der Waals surface area contributed by atoms with Crippen molar-refractivity contribution in [3.63, 3.8) is 0 Å². The van der Waals surface area contributed by atoms with Crippen LogP contribution in [-0.2, 0) is 11.8 Å². The van der Waals surface area contributed by atoms with E-state index in [1.165, 1.54) is 5.56 Å². The molecule has 2 heterocycles. The zero-order valence-corrected chi connectivity index (χ0v) is 11.0. The highest BCUT2D eigenvalue weighted by molar-refractivity contribution is 5.61. The Hall–Kier alpha value is -1.52. The minimum Gasteiger partial charge on any atom is -0.504 e. The summed E-state index contributed by atoms with van der Waals surface area (Å²) in [5, 5.41) is 24.1. The van der Waals surface area contributed by atoms with Crippen LogP contribution in [0.25, 0.3) is 0 Å². The summed E-state index contributed by atoms with van der Waals surface area (Å²) in [6.45, 7) is 0.941. The van der Waals surface area contributed by atoms with Crippen LogP contribution < -0.4 is 10.1 Å². The molecule has 0 radical (unpaired) electrons. The van der Waals surface area contributed by atoms with E-state index in [9.17, 15) is 10.2 Å². The lowest BCUT2D eigenvalue weighted by Crippen LogP contribution is -2.64. The number of aliphatic hydroxyl groups is 1. The number of rotatable bonds is 0. The fourth-order valence-electron chi connectivity index (χ4n) is 4.98. The molecule has 1 fully saturated rings. The van der Waals surface area contributed by atoms with Crippen molar-refractivity contribution in [3.8, 4) is 11.5 Å². The second-order valence-corrected chi connectivity index (χ2v) is 6.44. The van der Waals surface area contributed by atoms with E-state index in [1.54, 1.807) is 6.07 Å². The lowest BCUT2D eigenvalue weighted by Gasteiger charge is -2.53. The third-order valence-electron chi connectivity index (χ3n) is 5.68. The van der Waals surface area contributed by atoms with Crippen LogP contribution in [0.3, 0.4) is 0 Å². The maximum Gasteiger partial charge on any atom is 0.165 e. The third-order valence-corrected chi connectivity index (χ3v) is 5.68. The number of ether oxygens (including phenoxy) is 1. The Morgan fingerprint density at radius 2 is 2.20 bits per heavy atom. The summed E-state index contributed by atoms with van der Waals surface area (Å²) >= 11 is 0. The molecular weight excluding hydrogens is 254 g/mol. The molecule has 1 saturated heterocycles. The lowest BCUT2D eigenvalue weighted by molar-refractivity contribution is -0.0177. The summed E-state index contributed by atoms with van der Waals surface area (Å²) < 4.78 is 6.04. The highest BCUT2D eigenvalue weighted by Gasteiger charge is 2.63. The van der Waals surface area contributed by atoms with Crippen LogP contribution in [0, 0.1) is 5.92 Å². The van der Waals surface area contributed by atoms with Crippen LogP contribution in [0.4, 0.5) is 0 Å². The molecule has 4 heteroatoms. The molecule has 0 amide bonds. The minimum atomic E-state index is -0.595. The van der Waals surface area contributed by atoms with Crippen molar-refractivity contribution in [3.05, 3.63) is 35.4 Å². The van der Waals surface area contributed by atoms with Gasteiger partial charge in [-0.25, -0.2) is 0 Å². The second-order valence-electron chi connectivity index (χ2n) is 6.44. The van der Waals surface area contributed by atoms with Gasteiger partial charge >= 0.3 is 0 Å². The Balaban J connectivity index is 1.86. The van der Waals surface area contributed by atoms with Crippen LogP contribution in [0.2, 0.25) is 0 Å². The van der Waals surface area contributed by atoms with Crippen LogP contribution in [0.1, 0.15) is 17.5 Å². The van der Waals surface area contributed by atoms with Crippen LogP contribution >= 0.6 is 0 Å². The zero-order valence-electron chi connectivity index (χ0n) is 11.0. The summed E-state index contributed by atoms with van der Waals surface area (Å²) in [7, 11) is 0. The van der Waals surface area contributed by atoms with Crippen molar-refractivity contribution in [2.24, 2.45) is 5.92 Å². The van der Waals surface area contributed by atoms with Crippen molar-refractivity contribution in [2.75, 3.05) is 6.54 Å². The molecule has 4 nitrogen and oxygen atoms in total. The van der Waals surface area contributed by atoms with Gasteiger partial charge in [0.2, 0.25) is 0 Å². The van der Waals surface area contributed by atoms with E-state index >= 15 is 0 Å². The standard InChI is InChI=1S/C16H17NO3/c18-11-3-1-8-7-10-9-2-4-12(19)15-16(9,5-6-17-10)13(8)14(11)20-15/h1-4,9-10,12,15,17-19H,5-7H2/t9?,10-,12+,15?,16+/m1/s1. The van der Waals surface area contributed by atoms with Gasteiger partial charge in [-0.2, -0.15) is 0 Å². The Morgan fingerprint density at radius 3 is 3.10 bits per heavy atom. The molecule has 3 N–H and O–H groups in total. The summed E-state index contributed by atoms with van der Waals surface area (Å²) in [6, 6.07) is 4.14. The molecule has 2 bridgehead atoms. The van der Waals surface area contributed by atoms with E-state index in [1.807, 2.05) is 12.1 Å². The topological polar surface area (TPSA) is 61.7 Å². The van der Waals surface area contributed by atoms with E-state index in [2.05, 4.69) is 11.4 Å². The molecule has 2 aliphatic heterocycles. The average Bonchev–Trinajstić information content (AvgIpc) is 2.78. The van der Waals surface area contributed by atoms with Gasteiger partial charge in [0.05, 0.1) is 0 Å². The van der Waals surface area contributed by atoms with Gasteiger partial charge in [-0.15, -0.1) is 0 Å². The number of hydrogen-bond acceptors (Lipinski definition) is 4. The Labute approximate surface area is 117 Å². The Morgan fingerprint density at radius 1 is 1.30 bits per heavy atom. The molecule has 2 aliphatic carbocycles. The maximum absolute atomic E-state index is 10.4. The molecule has 20 heavy (non-hydrogen) atoms. The fraction of sp³-hybridized carbons (Fsp3) is 0.500. The number of hydrogen-bond donors (Lipinski definition) is 3. The summed E-state index contributed by atoms with van der Waals surface area (Å²) in [6.07, 6.45) is 5.08. The van der Waals surface area contributed by atoms with Crippen LogP contribution in [0.5, 0.6) is 11.5 Å². The van der Waals surface area contributed by atoms with E-state index < -0.39 is 6.10 Å². The van der Waals surface area contributed by atoms with Crippen molar-refractivity contribution in [1.82, 2.24) is 5.32 Å². The number of aromatic hydroxyl groups is 1. The van der Waals surface area contributed by atoms with Gasteiger partial charge in [-0.05, 0) is 31.0 Å². The predicted molar refractivity (Wildman–Crippen MR) is 72.9 cm³/mol. The van der Waals surface area contributed by atoms with Gasteiger partial charge < -0.3 is 20.3 Å². The fourth-order valence-corrected chi connectivity index (χ4v) is 4.98. The van der Waals surface area contributed by atoms with E-state index in [0.29, 0.717) is 17.7 Å². The smallest absolute Gasteiger partial charge is 0.165 e. The Bertz CT molecular complexity index is 641. The number of aliphatic hydroxyl groups excluding tert-OH is 1. The molecule has 5 atom stereocenters. The Kier molecular flexibility index (Phi) is 1.89. The highest BCUT2D eigenvalue weighted by atomic mass is 16.5. The van der Waals surface area contributed by atoms with Gasteiger partial charge in [0.1, 0.15) is 12.2 Å². The number of benzene rings is 1. The molecule has 2 unspecified atom stereocenters. The quantitative estimate of drug-likeness (QED) is 0.612. The highest BCUT2D eigenvalue weighted by Crippen LogP contribution is 2.61. The SMILES string of the molecule is Oc1ccc2c3c1OC1[C@@H](O)C=CC4[C@@H](C2)NCC[C@]314. The van der Waals surface area contributed by atoms with Crippen LogP contribution in [0.15, 0.2) is 24.3 Å². The molecule has 104 valence electrons. The second kappa shape index (κ2) is 3.38. The van der Waals surface area contributed by atoms with Gasteiger partial charge in [0.25, 0.3) is 0 Å². The summed E-state index contributed by atoms with van der Waals surface area (Å²) in [5.74, 6) is 1.16. The zero-order chi connectivity index (χ0) is 13.5. The molecule has 1 spiro atoms. The predicted octanol–water partition coefficient (Wildman–Crippen LogP) is 0.856. The molecule has 0 aromatic heterocycles. The molecule has 1 aromatic rings. The number of piperidine rings is 1. The molecule has 5 rings (SSSR count). The van der Waals surface area contributed by atoms with E-state index in [-0.39, 0.29) is 17.3 Å². The van der Waals surface area contributed by atoms with Crippen molar-refractivity contribution < 1.29 is 14.9 Å². The number of phenols is 1. The first-order valence-electron chi connectivity index (χ1n) is 7.33. The van der Waals surface area contributed by atoms with Crippen molar-refractivity contribution in [1.29, 1.82) is 0 Å². The summed E-state index contributed by atoms with van der Waals surface area (Å²) in [5.41, 5.74) is 2.26. The van der Waals surface area contributed by atoms with E-state index in [0.717, 1.165) is 24.9 Å². The van der Waals surface area contributed by atoms with Crippen molar-refractivity contribution in [2.45, 2.75) is 36.5 Å². The monoisotopic (exact) mass is 271 g/mol. The van der Waals surface area contributed by atoms with Gasteiger partial charge in [0.15, 0.2) is 11.5 Å². The molecular formula is C16H17NO3. The molecule has 0 saturated carbocycles. The lowest BCUT2D eigenvalue weighted by atomic mass is 9.54. The van der Waals surface area contributed by atoms with Gasteiger partial charge in [-0.1, -0.05) is 18.2 Å². The van der Waals surface area contributed by atoms with Crippen molar-refractivity contribution >= 4 is 0 Å². The first-order valence-corrected chi connectivity index (χ1v) is 7.33. The number of nitrogens with one attached hydrogen (secondary N) is 1. The number of phenolic OH excluding ortho intramolecular Hbond substituents is 1. The average molecular weight is 271 g/mol. The first-order chi connectivity index (χ1) is 9.72. The largest absolute Gasteiger partial charge is 0.504 e. The third kappa shape index (κ3) is 1.04. The normalized spacial score (nSPS) is 43.0. The summed E-state index contributed by atoms with van der Waals surface area (Å²) in [4.78, 5) is 0. The van der Waals surface area contributed by atoms with Gasteiger partial charge in [-0.3, -0.25) is 0 Å². The van der Waals surface area contributed by atoms with Gasteiger partial charge in [0, 0.05) is 22.9 Å². The molecule has 1 aromatic carbocycles. The maximum atomic E-state index is 10.4. The first kappa shape index (κ1) is 11.2. The van der Waals surface area contributed by atoms with E-state index in [4.69, 9.17) is 4.74 Å². The van der Waals surface area contributed by atoms with Crippen LogP contribution in [-0.4, -0.2) is 35.0 Å².